The monoisotopic (exact) mass is 404 g/mol. The summed E-state index contributed by atoms with van der Waals surface area (Å²) in [6.07, 6.45) is -0.751. The molecule has 0 aliphatic carbocycles. The molecule has 7 heteroatoms. The largest absolute Gasteiger partial charge is 0.487 e. The maximum Gasteiger partial charge on any atom is 0.178 e. The molecular weight excluding hydrogens is 375 g/mol. The summed E-state index contributed by atoms with van der Waals surface area (Å²) in [6.45, 7) is 4.42. The summed E-state index contributed by atoms with van der Waals surface area (Å²) >= 11 is 0. The molecule has 1 heterocycles. The SMILES string of the molecule is CO[C@@H](Cc1ccc(NCCCN2CC(C)Oc3cc(F)ccc32)cc1)C(O)O. The minimum atomic E-state index is -1.50. The number of halogens is 1. The molecule has 6 nitrogen and oxygen atoms in total. The molecule has 3 rings (SSSR count). The van der Waals surface area contributed by atoms with E-state index in [1.54, 1.807) is 6.07 Å². The number of hydrogen-bond donors (Lipinski definition) is 3. The predicted molar refractivity (Wildman–Crippen MR) is 111 cm³/mol. The lowest BCUT2D eigenvalue weighted by Gasteiger charge is -2.35. The zero-order valence-electron chi connectivity index (χ0n) is 16.8. The second-order valence-electron chi connectivity index (χ2n) is 7.36. The summed E-state index contributed by atoms with van der Waals surface area (Å²) in [6, 6.07) is 12.5. The number of nitrogens with one attached hydrogen (secondary N) is 1. The number of ether oxygens (including phenoxy) is 2. The average Bonchev–Trinajstić information content (AvgIpc) is 2.69. The molecule has 0 aromatic heterocycles. The van der Waals surface area contributed by atoms with Gasteiger partial charge in [0.1, 0.15) is 23.8 Å². The minimum Gasteiger partial charge on any atom is -0.487 e. The molecule has 1 aliphatic heterocycles. The van der Waals surface area contributed by atoms with Crippen LogP contribution in [0.5, 0.6) is 5.75 Å². The highest BCUT2D eigenvalue weighted by Crippen LogP contribution is 2.33. The highest BCUT2D eigenvalue weighted by molar-refractivity contribution is 5.60. The lowest BCUT2D eigenvalue weighted by molar-refractivity contribution is -0.133. The third-order valence-corrected chi connectivity index (χ3v) is 5.03. The van der Waals surface area contributed by atoms with E-state index in [0.717, 1.165) is 43.0 Å². The van der Waals surface area contributed by atoms with Crippen LogP contribution in [0.15, 0.2) is 42.5 Å². The van der Waals surface area contributed by atoms with Crippen LogP contribution in [0.3, 0.4) is 0 Å². The Bertz CT molecular complexity index is 785. The molecule has 3 N–H and O–H groups in total. The first-order chi connectivity index (χ1) is 14.0. The molecule has 2 aromatic carbocycles. The van der Waals surface area contributed by atoms with E-state index in [9.17, 15) is 14.6 Å². The van der Waals surface area contributed by atoms with Crippen LogP contribution in [0.1, 0.15) is 18.9 Å². The van der Waals surface area contributed by atoms with Crippen molar-refractivity contribution in [3.05, 3.63) is 53.8 Å². The number of aliphatic hydroxyl groups excluding tert-OH is 1. The maximum absolute atomic E-state index is 13.5. The van der Waals surface area contributed by atoms with Crippen LogP contribution in [0.2, 0.25) is 0 Å². The van der Waals surface area contributed by atoms with Crippen LogP contribution >= 0.6 is 0 Å². The van der Waals surface area contributed by atoms with E-state index in [-0.39, 0.29) is 11.9 Å². The van der Waals surface area contributed by atoms with Gasteiger partial charge in [0.05, 0.1) is 12.2 Å². The van der Waals surface area contributed by atoms with Gasteiger partial charge in [-0.15, -0.1) is 0 Å². The third kappa shape index (κ3) is 5.82. The van der Waals surface area contributed by atoms with Gasteiger partial charge < -0.3 is 29.9 Å². The van der Waals surface area contributed by atoms with E-state index in [1.165, 1.54) is 19.2 Å². The first-order valence-electron chi connectivity index (χ1n) is 9.89. The van der Waals surface area contributed by atoms with Crippen molar-refractivity contribution >= 4 is 11.4 Å². The summed E-state index contributed by atoms with van der Waals surface area (Å²) in [5.74, 6) is 0.322. The van der Waals surface area contributed by atoms with Crippen molar-refractivity contribution in [3.8, 4) is 5.75 Å². The van der Waals surface area contributed by atoms with Gasteiger partial charge in [-0.05, 0) is 43.2 Å². The molecule has 0 amide bonds. The second-order valence-corrected chi connectivity index (χ2v) is 7.36. The molecule has 1 unspecified atom stereocenters. The van der Waals surface area contributed by atoms with Crippen LogP contribution in [0.25, 0.3) is 0 Å². The molecule has 29 heavy (non-hydrogen) atoms. The fraction of sp³-hybridized carbons (Fsp3) is 0.455. The Morgan fingerprint density at radius 3 is 2.69 bits per heavy atom. The number of benzene rings is 2. The Kier molecular flexibility index (Phi) is 7.30. The van der Waals surface area contributed by atoms with Crippen LogP contribution in [-0.2, 0) is 11.2 Å². The molecule has 0 radical (unpaired) electrons. The van der Waals surface area contributed by atoms with Crippen LogP contribution in [-0.4, -0.2) is 55.5 Å². The number of anilines is 2. The van der Waals surface area contributed by atoms with Crippen molar-refractivity contribution in [1.82, 2.24) is 0 Å². The maximum atomic E-state index is 13.5. The van der Waals surface area contributed by atoms with Gasteiger partial charge in [-0.2, -0.15) is 0 Å². The molecule has 0 fully saturated rings. The summed E-state index contributed by atoms with van der Waals surface area (Å²) in [7, 11) is 1.46. The van der Waals surface area contributed by atoms with Crippen LogP contribution in [0.4, 0.5) is 15.8 Å². The topological polar surface area (TPSA) is 74.2 Å². The molecule has 2 aromatic rings. The van der Waals surface area contributed by atoms with E-state index >= 15 is 0 Å². The van der Waals surface area contributed by atoms with E-state index in [1.807, 2.05) is 31.2 Å². The van der Waals surface area contributed by atoms with Crippen molar-refractivity contribution in [3.63, 3.8) is 0 Å². The summed E-state index contributed by atoms with van der Waals surface area (Å²) in [4.78, 5) is 2.23. The van der Waals surface area contributed by atoms with Crippen LogP contribution in [0, 0.1) is 5.82 Å². The number of methoxy groups -OCH3 is 1. The van der Waals surface area contributed by atoms with Gasteiger partial charge in [-0.1, -0.05) is 12.1 Å². The first kappa shape index (κ1) is 21.4. The Labute approximate surface area is 170 Å². The van der Waals surface area contributed by atoms with Gasteiger partial charge in [-0.25, -0.2) is 4.39 Å². The number of hydrogen-bond acceptors (Lipinski definition) is 6. The van der Waals surface area contributed by atoms with E-state index < -0.39 is 12.4 Å². The fourth-order valence-corrected chi connectivity index (χ4v) is 3.52. The molecule has 1 aliphatic rings. The summed E-state index contributed by atoms with van der Waals surface area (Å²) < 4.78 is 24.3. The lowest BCUT2D eigenvalue weighted by atomic mass is 10.1. The predicted octanol–water partition coefficient (Wildman–Crippen LogP) is 2.78. The molecule has 0 spiro atoms. The lowest BCUT2D eigenvalue weighted by Crippen LogP contribution is -2.39. The second kappa shape index (κ2) is 9.91. The van der Waals surface area contributed by atoms with E-state index in [0.29, 0.717) is 12.2 Å². The van der Waals surface area contributed by atoms with Crippen LogP contribution < -0.4 is 15.0 Å². The third-order valence-electron chi connectivity index (χ3n) is 5.03. The van der Waals surface area contributed by atoms with Crippen molar-refractivity contribution in [2.75, 3.05) is 37.0 Å². The van der Waals surface area contributed by atoms with Crippen molar-refractivity contribution in [2.24, 2.45) is 0 Å². The molecule has 158 valence electrons. The molecule has 0 saturated carbocycles. The van der Waals surface area contributed by atoms with Gasteiger partial charge in [-0.3, -0.25) is 0 Å². The number of aliphatic hydroxyl groups is 2. The van der Waals surface area contributed by atoms with Gasteiger partial charge in [0.15, 0.2) is 6.29 Å². The highest BCUT2D eigenvalue weighted by atomic mass is 19.1. The van der Waals surface area contributed by atoms with Gasteiger partial charge in [0, 0.05) is 38.4 Å². The molecule has 0 bridgehead atoms. The first-order valence-corrected chi connectivity index (χ1v) is 9.89. The highest BCUT2D eigenvalue weighted by Gasteiger charge is 2.23. The Morgan fingerprint density at radius 1 is 1.24 bits per heavy atom. The zero-order chi connectivity index (χ0) is 20.8. The smallest absolute Gasteiger partial charge is 0.178 e. The Hall–Kier alpha value is -2.35. The van der Waals surface area contributed by atoms with E-state index in [2.05, 4.69) is 10.2 Å². The fourth-order valence-electron chi connectivity index (χ4n) is 3.52. The average molecular weight is 404 g/mol. The molecule has 2 atom stereocenters. The minimum absolute atomic E-state index is 0.0261. The Morgan fingerprint density at radius 2 is 2.00 bits per heavy atom. The standard InChI is InChI=1S/C22H29FN2O4/c1-15-14-25(19-9-6-17(23)13-20(19)29-15)11-3-10-24-18-7-4-16(5-8-18)12-21(28-2)22(26)27/h4-9,13,15,21-22,24,26-27H,3,10-12,14H2,1-2H3/t15?,21-/m0/s1. The van der Waals surface area contributed by atoms with Crippen molar-refractivity contribution in [2.45, 2.75) is 38.3 Å². The van der Waals surface area contributed by atoms with Crippen molar-refractivity contribution < 1.29 is 24.1 Å². The quantitative estimate of drug-likeness (QED) is 0.441. The van der Waals surface area contributed by atoms with Gasteiger partial charge in [0.25, 0.3) is 0 Å². The summed E-state index contributed by atoms with van der Waals surface area (Å²) in [5.41, 5.74) is 2.92. The number of nitrogens with zero attached hydrogens (tertiary/aromatic N) is 1. The van der Waals surface area contributed by atoms with Gasteiger partial charge >= 0.3 is 0 Å². The van der Waals surface area contributed by atoms with E-state index in [4.69, 9.17) is 9.47 Å². The number of rotatable bonds is 9. The van der Waals surface area contributed by atoms with Crippen molar-refractivity contribution in [1.29, 1.82) is 0 Å². The molecule has 0 saturated heterocycles. The Balaban J connectivity index is 1.47. The normalized spacial score (nSPS) is 17.0. The molecular formula is C22H29FN2O4. The number of fused-ring (bicyclic) bond motifs is 1. The summed E-state index contributed by atoms with van der Waals surface area (Å²) in [5, 5.41) is 21.9. The van der Waals surface area contributed by atoms with Gasteiger partial charge in [0.2, 0.25) is 0 Å². The zero-order valence-corrected chi connectivity index (χ0v) is 16.8.